The van der Waals surface area contributed by atoms with Crippen LogP contribution in [-0.2, 0) is 12.8 Å². The van der Waals surface area contributed by atoms with Crippen LogP contribution in [0.15, 0.2) is 57.3 Å². The lowest BCUT2D eigenvalue weighted by atomic mass is 10.2. The van der Waals surface area contributed by atoms with Gasteiger partial charge in [-0.05, 0) is 55.2 Å². The summed E-state index contributed by atoms with van der Waals surface area (Å²) >= 11 is 17.3. The van der Waals surface area contributed by atoms with Gasteiger partial charge in [-0.3, -0.25) is 9.36 Å². The Labute approximate surface area is 214 Å². The first kappa shape index (κ1) is 23.1. The van der Waals surface area contributed by atoms with E-state index < -0.39 is 0 Å². The van der Waals surface area contributed by atoms with E-state index in [9.17, 15) is 4.79 Å². The molecule has 9 heteroatoms. The third-order valence-corrected chi connectivity index (χ3v) is 9.62. The highest BCUT2D eigenvalue weighted by molar-refractivity contribution is 8.03. The van der Waals surface area contributed by atoms with Crippen LogP contribution in [0, 0.1) is 0 Å². The van der Waals surface area contributed by atoms with E-state index in [4.69, 9.17) is 32.9 Å². The number of thiophene rings is 1. The predicted molar refractivity (Wildman–Crippen MR) is 142 cm³/mol. The molecular weight excluding hydrogens is 515 g/mol. The second-order valence-corrected chi connectivity index (χ2v) is 11.6. The van der Waals surface area contributed by atoms with Crippen LogP contribution in [0.4, 0.5) is 0 Å². The Morgan fingerprint density at radius 2 is 1.94 bits per heavy atom. The number of fused-ring (bicyclic) bond motifs is 3. The number of hydrogen-bond donors (Lipinski definition) is 0. The van der Waals surface area contributed by atoms with Gasteiger partial charge >= 0.3 is 0 Å². The van der Waals surface area contributed by atoms with Gasteiger partial charge in [-0.1, -0.05) is 47.1 Å². The summed E-state index contributed by atoms with van der Waals surface area (Å²) < 4.78 is 7.29. The van der Waals surface area contributed by atoms with E-state index in [0.717, 1.165) is 45.9 Å². The molecule has 33 heavy (non-hydrogen) atoms. The Hall–Kier alpha value is -1.64. The number of hydrogen-bond acceptors (Lipinski definition) is 6. The third kappa shape index (κ3) is 4.54. The number of methoxy groups -OCH3 is 1. The molecule has 5 rings (SSSR count). The highest BCUT2D eigenvalue weighted by Gasteiger charge is 2.24. The molecule has 0 aliphatic heterocycles. The van der Waals surface area contributed by atoms with Crippen molar-refractivity contribution in [3.05, 3.63) is 73.3 Å². The summed E-state index contributed by atoms with van der Waals surface area (Å²) in [5.41, 5.74) is 1.88. The van der Waals surface area contributed by atoms with Crippen molar-refractivity contribution in [1.29, 1.82) is 0 Å². The van der Waals surface area contributed by atoms with Crippen molar-refractivity contribution < 1.29 is 4.74 Å². The van der Waals surface area contributed by atoms with E-state index in [2.05, 4.69) is 0 Å². The van der Waals surface area contributed by atoms with Crippen LogP contribution < -0.4 is 10.3 Å². The lowest BCUT2D eigenvalue weighted by Crippen LogP contribution is -2.22. The van der Waals surface area contributed by atoms with Gasteiger partial charge in [0.1, 0.15) is 10.6 Å². The zero-order chi connectivity index (χ0) is 22.9. The van der Waals surface area contributed by atoms with E-state index in [1.54, 1.807) is 52.6 Å². The van der Waals surface area contributed by atoms with Crippen LogP contribution >= 0.6 is 58.1 Å². The number of nitrogens with zero attached hydrogens (tertiary/aromatic N) is 2. The van der Waals surface area contributed by atoms with E-state index in [0.29, 0.717) is 26.6 Å². The Balaban J connectivity index is 1.50. The second kappa shape index (κ2) is 9.92. The van der Waals surface area contributed by atoms with Crippen molar-refractivity contribution in [2.24, 2.45) is 0 Å². The van der Waals surface area contributed by atoms with Crippen molar-refractivity contribution in [3.8, 4) is 11.4 Å². The maximum atomic E-state index is 13.8. The van der Waals surface area contributed by atoms with Crippen LogP contribution in [0.25, 0.3) is 15.9 Å². The number of rotatable bonds is 7. The summed E-state index contributed by atoms with van der Waals surface area (Å²) in [6.07, 6.45) is 3.08. The van der Waals surface area contributed by atoms with Gasteiger partial charge in [0.2, 0.25) is 0 Å². The van der Waals surface area contributed by atoms with E-state index in [1.807, 2.05) is 36.4 Å². The fourth-order valence-electron chi connectivity index (χ4n) is 4.02. The molecular formula is C24H20Cl2N2O2S3. The average Bonchev–Trinajstić information content (AvgIpc) is 3.40. The normalized spacial score (nSPS) is 12.9. The van der Waals surface area contributed by atoms with Crippen molar-refractivity contribution in [1.82, 2.24) is 9.55 Å². The third-order valence-electron chi connectivity index (χ3n) is 5.50. The summed E-state index contributed by atoms with van der Waals surface area (Å²) in [4.78, 5) is 21.8. The van der Waals surface area contributed by atoms with Crippen LogP contribution in [0.1, 0.15) is 16.9 Å². The lowest BCUT2D eigenvalue weighted by molar-refractivity contribution is 0.411. The minimum absolute atomic E-state index is 0.0167. The fraction of sp³-hybridized carbons (Fsp3) is 0.250. The molecule has 4 nitrogen and oxygen atoms in total. The smallest absolute Gasteiger partial charge is 0.267 e. The van der Waals surface area contributed by atoms with Crippen LogP contribution in [0.3, 0.4) is 0 Å². The molecule has 0 fully saturated rings. The van der Waals surface area contributed by atoms with Crippen molar-refractivity contribution >= 4 is 68.3 Å². The average molecular weight is 536 g/mol. The van der Waals surface area contributed by atoms with Gasteiger partial charge < -0.3 is 4.74 Å². The largest absolute Gasteiger partial charge is 0.495 e. The molecule has 0 amide bonds. The number of aryl methyl sites for hydroxylation is 2. The SMILES string of the molecule is COc1ccccc1-n1c(SCCSc2cc(Cl)ccc2Cl)nc2sc3c(c2c1=O)CCC3. The van der Waals surface area contributed by atoms with Gasteiger partial charge in [0.05, 0.1) is 23.2 Å². The van der Waals surface area contributed by atoms with Crippen molar-refractivity contribution in [3.63, 3.8) is 0 Å². The molecule has 0 saturated carbocycles. The van der Waals surface area contributed by atoms with E-state index >= 15 is 0 Å². The highest BCUT2D eigenvalue weighted by Crippen LogP contribution is 2.37. The standard InChI is InChI=1S/C24H20Cl2N2O2S3/c1-30-18-7-3-2-6-17(18)28-23(29)21-15-5-4-8-19(15)33-22(21)27-24(28)32-12-11-31-20-13-14(25)9-10-16(20)26/h2-3,6-7,9-10,13H,4-5,8,11-12H2,1H3. The summed E-state index contributed by atoms with van der Waals surface area (Å²) in [7, 11) is 1.62. The van der Waals surface area contributed by atoms with Gasteiger partial charge in [0, 0.05) is 26.3 Å². The van der Waals surface area contributed by atoms with Gasteiger partial charge in [-0.25, -0.2) is 4.98 Å². The molecule has 4 aromatic rings. The summed E-state index contributed by atoms with van der Waals surface area (Å²) in [6.45, 7) is 0. The first-order valence-electron chi connectivity index (χ1n) is 10.5. The fourth-order valence-corrected chi connectivity index (χ4v) is 7.80. The Morgan fingerprint density at radius 1 is 1.12 bits per heavy atom. The van der Waals surface area contributed by atoms with E-state index in [1.165, 1.54) is 10.4 Å². The zero-order valence-corrected chi connectivity index (χ0v) is 21.7. The first-order valence-corrected chi connectivity index (χ1v) is 14.0. The Morgan fingerprint density at radius 3 is 2.79 bits per heavy atom. The first-order chi connectivity index (χ1) is 16.1. The minimum Gasteiger partial charge on any atom is -0.495 e. The molecule has 0 radical (unpaired) electrons. The monoisotopic (exact) mass is 534 g/mol. The maximum Gasteiger partial charge on any atom is 0.267 e. The van der Waals surface area contributed by atoms with Crippen molar-refractivity contribution in [2.75, 3.05) is 18.6 Å². The predicted octanol–water partition coefficient (Wildman–Crippen LogP) is 7.14. The highest BCUT2D eigenvalue weighted by atomic mass is 35.5. The number of thioether (sulfide) groups is 2. The molecule has 1 aliphatic carbocycles. The number of para-hydroxylation sites is 2. The number of halogens is 2. The zero-order valence-electron chi connectivity index (χ0n) is 17.8. The van der Waals surface area contributed by atoms with Gasteiger partial charge in [-0.2, -0.15) is 0 Å². The van der Waals surface area contributed by atoms with Crippen LogP contribution in [0.2, 0.25) is 10.0 Å². The van der Waals surface area contributed by atoms with E-state index in [-0.39, 0.29) is 5.56 Å². The molecule has 1 aliphatic rings. The minimum atomic E-state index is -0.0167. The summed E-state index contributed by atoms with van der Waals surface area (Å²) in [5.74, 6) is 2.20. The summed E-state index contributed by atoms with van der Waals surface area (Å²) in [6, 6.07) is 13.1. The molecule has 0 spiro atoms. The summed E-state index contributed by atoms with van der Waals surface area (Å²) in [5, 5.41) is 2.79. The maximum absolute atomic E-state index is 13.8. The van der Waals surface area contributed by atoms with Crippen LogP contribution in [0.5, 0.6) is 5.75 Å². The van der Waals surface area contributed by atoms with Gasteiger partial charge in [0.15, 0.2) is 5.16 Å². The van der Waals surface area contributed by atoms with Gasteiger partial charge in [-0.15, -0.1) is 23.1 Å². The lowest BCUT2D eigenvalue weighted by Gasteiger charge is -2.15. The Kier molecular flexibility index (Phi) is 6.95. The molecule has 170 valence electrons. The number of ether oxygens (including phenoxy) is 1. The molecule has 2 aromatic heterocycles. The molecule has 0 unspecified atom stereocenters. The Bertz CT molecular complexity index is 1400. The molecule has 2 heterocycles. The molecule has 0 N–H and O–H groups in total. The topological polar surface area (TPSA) is 44.1 Å². The van der Waals surface area contributed by atoms with Gasteiger partial charge in [0.25, 0.3) is 5.56 Å². The molecule has 0 bridgehead atoms. The molecule has 0 saturated heterocycles. The second-order valence-electron chi connectivity index (χ2n) is 7.52. The van der Waals surface area contributed by atoms with Crippen molar-refractivity contribution in [2.45, 2.75) is 29.3 Å². The molecule has 2 aromatic carbocycles. The number of benzene rings is 2. The van der Waals surface area contributed by atoms with Crippen LogP contribution in [-0.4, -0.2) is 28.2 Å². The number of aromatic nitrogens is 2. The quantitative estimate of drug-likeness (QED) is 0.143. The molecule has 0 atom stereocenters.